The first-order chi connectivity index (χ1) is 26.0. The maximum Gasteiger partial charge on any atom is 0.306 e. The number of hydrogen-bond acceptors (Lipinski definition) is 6. The van der Waals surface area contributed by atoms with Crippen LogP contribution >= 0.6 is 0 Å². The number of carbonyl (C=O) groups is 3. The molecule has 0 radical (unpaired) electrons. The highest BCUT2D eigenvalue weighted by atomic mass is 16.6. The lowest BCUT2D eigenvalue weighted by atomic mass is 10.1. The summed E-state index contributed by atoms with van der Waals surface area (Å²) >= 11 is 0. The molecular formula is C47H82O6. The summed E-state index contributed by atoms with van der Waals surface area (Å²) in [5, 5.41) is 0. The van der Waals surface area contributed by atoms with Gasteiger partial charge in [0.2, 0.25) is 0 Å². The highest BCUT2D eigenvalue weighted by Gasteiger charge is 2.19. The number of esters is 3. The van der Waals surface area contributed by atoms with Gasteiger partial charge in [0, 0.05) is 19.3 Å². The molecule has 0 heterocycles. The van der Waals surface area contributed by atoms with E-state index in [-0.39, 0.29) is 31.1 Å². The molecule has 0 N–H and O–H groups in total. The van der Waals surface area contributed by atoms with Gasteiger partial charge in [0.05, 0.1) is 0 Å². The van der Waals surface area contributed by atoms with Crippen LogP contribution in [-0.4, -0.2) is 37.2 Å². The molecule has 6 nitrogen and oxygen atoms in total. The molecule has 0 aliphatic carbocycles. The Bertz CT molecular complexity index is 949. The SMILES string of the molecule is CCCC/C=C\CCCCCCCC(=O)OC(COC(=O)CCC/C=C\CCCCCC)COC(=O)CCCCCCCC/C=C\C=C/CCCCC. The molecule has 53 heavy (non-hydrogen) atoms. The van der Waals surface area contributed by atoms with Gasteiger partial charge < -0.3 is 14.2 Å². The van der Waals surface area contributed by atoms with E-state index >= 15 is 0 Å². The molecule has 0 aliphatic rings. The number of ether oxygens (including phenoxy) is 3. The van der Waals surface area contributed by atoms with E-state index in [1.165, 1.54) is 96.3 Å². The topological polar surface area (TPSA) is 78.9 Å². The van der Waals surface area contributed by atoms with Crippen LogP contribution in [0.5, 0.6) is 0 Å². The molecular weight excluding hydrogens is 661 g/mol. The molecule has 0 rings (SSSR count). The minimum absolute atomic E-state index is 0.0914. The molecule has 1 unspecified atom stereocenters. The van der Waals surface area contributed by atoms with Gasteiger partial charge in [0.15, 0.2) is 6.10 Å². The molecule has 0 aromatic rings. The molecule has 0 bridgehead atoms. The summed E-state index contributed by atoms with van der Waals surface area (Å²) < 4.78 is 16.6. The zero-order valence-corrected chi connectivity index (χ0v) is 34.8. The highest BCUT2D eigenvalue weighted by molar-refractivity contribution is 5.71. The van der Waals surface area contributed by atoms with E-state index in [9.17, 15) is 14.4 Å². The lowest BCUT2D eigenvalue weighted by Gasteiger charge is -2.18. The summed E-state index contributed by atoms with van der Waals surface area (Å²) in [6.07, 6.45) is 48.1. The second-order valence-corrected chi connectivity index (χ2v) is 14.6. The van der Waals surface area contributed by atoms with Gasteiger partial charge in [0.1, 0.15) is 13.2 Å². The Morgan fingerprint density at radius 3 is 1.23 bits per heavy atom. The summed E-state index contributed by atoms with van der Waals surface area (Å²) in [6, 6.07) is 0. The lowest BCUT2D eigenvalue weighted by molar-refractivity contribution is -0.167. The molecule has 1 atom stereocenters. The second-order valence-electron chi connectivity index (χ2n) is 14.6. The molecule has 0 amide bonds. The summed E-state index contributed by atoms with van der Waals surface area (Å²) in [7, 11) is 0. The van der Waals surface area contributed by atoms with Gasteiger partial charge in [-0.2, -0.15) is 0 Å². The lowest BCUT2D eigenvalue weighted by Crippen LogP contribution is -2.30. The molecule has 0 aromatic heterocycles. The van der Waals surface area contributed by atoms with E-state index in [0.29, 0.717) is 25.7 Å². The predicted molar refractivity (Wildman–Crippen MR) is 224 cm³/mol. The third-order valence-electron chi connectivity index (χ3n) is 9.30. The molecule has 0 aromatic carbocycles. The largest absolute Gasteiger partial charge is 0.462 e. The van der Waals surface area contributed by atoms with Crippen molar-refractivity contribution in [2.45, 2.75) is 219 Å². The van der Waals surface area contributed by atoms with Crippen molar-refractivity contribution in [3.63, 3.8) is 0 Å². The molecule has 0 fully saturated rings. The van der Waals surface area contributed by atoms with Gasteiger partial charge in [-0.05, 0) is 83.5 Å². The monoisotopic (exact) mass is 743 g/mol. The second kappa shape index (κ2) is 42.1. The van der Waals surface area contributed by atoms with Gasteiger partial charge in [0.25, 0.3) is 0 Å². The van der Waals surface area contributed by atoms with E-state index in [2.05, 4.69) is 69.4 Å². The van der Waals surface area contributed by atoms with E-state index in [0.717, 1.165) is 70.6 Å². The fourth-order valence-electron chi connectivity index (χ4n) is 5.89. The zero-order valence-electron chi connectivity index (χ0n) is 34.8. The molecule has 0 aliphatic heterocycles. The molecule has 6 heteroatoms. The Morgan fingerprint density at radius 1 is 0.377 bits per heavy atom. The van der Waals surface area contributed by atoms with E-state index in [1.807, 2.05) is 0 Å². The number of rotatable bonds is 39. The van der Waals surface area contributed by atoms with Gasteiger partial charge >= 0.3 is 17.9 Å². The Balaban J connectivity index is 4.40. The fourth-order valence-corrected chi connectivity index (χ4v) is 5.89. The Hall–Kier alpha value is -2.63. The minimum atomic E-state index is -0.788. The van der Waals surface area contributed by atoms with Gasteiger partial charge in [-0.1, -0.05) is 159 Å². The molecule has 0 saturated carbocycles. The third kappa shape index (κ3) is 40.4. The summed E-state index contributed by atoms with van der Waals surface area (Å²) in [5.74, 6) is -0.953. The average molecular weight is 743 g/mol. The van der Waals surface area contributed by atoms with Gasteiger partial charge in [-0.25, -0.2) is 0 Å². The predicted octanol–water partition coefficient (Wildman–Crippen LogP) is 14.0. The number of unbranched alkanes of at least 4 members (excludes halogenated alkanes) is 21. The first-order valence-corrected chi connectivity index (χ1v) is 22.2. The average Bonchev–Trinajstić information content (AvgIpc) is 3.15. The minimum Gasteiger partial charge on any atom is -0.462 e. The summed E-state index contributed by atoms with van der Waals surface area (Å²) in [6.45, 7) is 6.47. The van der Waals surface area contributed by atoms with Crippen molar-refractivity contribution in [3.05, 3.63) is 48.6 Å². The van der Waals surface area contributed by atoms with Crippen molar-refractivity contribution in [2.24, 2.45) is 0 Å². The maximum absolute atomic E-state index is 12.7. The molecule has 306 valence electrons. The number of carbonyl (C=O) groups excluding carboxylic acids is 3. The van der Waals surface area contributed by atoms with Crippen molar-refractivity contribution < 1.29 is 28.6 Å². The van der Waals surface area contributed by atoms with Gasteiger partial charge in [-0.15, -0.1) is 0 Å². The van der Waals surface area contributed by atoms with Crippen LogP contribution in [0.4, 0.5) is 0 Å². The Kier molecular flexibility index (Phi) is 40.0. The first-order valence-electron chi connectivity index (χ1n) is 22.2. The quantitative estimate of drug-likeness (QED) is 0.0205. The van der Waals surface area contributed by atoms with Crippen molar-refractivity contribution in [1.82, 2.24) is 0 Å². The van der Waals surface area contributed by atoms with Crippen LogP contribution in [0.25, 0.3) is 0 Å². The standard InChI is InChI=1S/C47H82O6/c1-4-7-10-13-16-19-21-22-23-24-26-28-31-34-37-40-46(49)52-43-44(42-51-45(48)39-36-33-30-27-18-15-12-9-6-3)53-47(50)41-38-35-32-29-25-20-17-14-11-8-5-2/h14,16-17,19,21-22,27,30,44H,4-13,15,18,20,23-26,28-29,31-43H2,1-3H3/b17-14-,19-16-,22-21-,30-27-. The molecule has 0 spiro atoms. The van der Waals surface area contributed by atoms with E-state index < -0.39 is 6.10 Å². The number of hydrogen-bond donors (Lipinski definition) is 0. The Morgan fingerprint density at radius 2 is 0.717 bits per heavy atom. The van der Waals surface area contributed by atoms with E-state index in [4.69, 9.17) is 14.2 Å². The van der Waals surface area contributed by atoms with Gasteiger partial charge in [-0.3, -0.25) is 14.4 Å². The van der Waals surface area contributed by atoms with Crippen molar-refractivity contribution >= 4 is 17.9 Å². The van der Waals surface area contributed by atoms with Crippen molar-refractivity contribution in [2.75, 3.05) is 13.2 Å². The smallest absolute Gasteiger partial charge is 0.306 e. The Labute approximate surface area is 327 Å². The molecule has 0 saturated heterocycles. The first kappa shape index (κ1) is 50.4. The van der Waals surface area contributed by atoms with Crippen LogP contribution in [-0.2, 0) is 28.6 Å². The van der Waals surface area contributed by atoms with Crippen molar-refractivity contribution in [1.29, 1.82) is 0 Å². The third-order valence-corrected chi connectivity index (χ3v) is 9.30. The zero-order chi connectivity index (χ0) is 38.7. The number of allylic oxidation sites excluding steroid dienone is 8. The van der Waals surface area contributed by atoms with Crippen LogP contribution in [0.1, 0.15) is 213 Å². The summed E-state index contributed by atoms with van der Waals surface area (Å²) in [4.78, 5) is 37.6. The normalized spacial score (nSPS) is 12.4. The van der Waals surface area contributed by atoms with E-state index in [1.54, 1.807) is 0 Å². The van der Waals surface area contributed by atoms with Crippen LogP contribution in [0.15, 0.2) is 48.6 Å². The maximum atomic E-state index is 12.7. The van der Waals surface area contributed by atoms with Crippen LogP contribution in [0.2, 0.25) is 0 Å². The van der Waals surface area contributed by atoms with Crippen LogP contribution in [0.3, 0.4) is 0 Å². The summed E-state index contributed by atoms with van der Waals surface area (Å²) in [5.41, 5.74) is 0. The van der Waals surface area contributed by atoms with Crippen LogP contribution < -0.4 is 0 Å². The highest BCUT2D eigenvalue weighted by Crippen LogP contribution is 2.13. The fraction of sp³-hybridized carbons (Fsp3) is 0.766. The van der Waals surface area contributed by atoms with Crippen molar-refractivity contribution in [3.8, 4) is 0 Å². The van der Waals surface area contributed by atoms with Crippen LogP contribution in [0, 0.1) is 0 Å².